The molecule has 0 radical (unpaired) electrons. The van der Waals surface area contributed by atoms with E-state index in [4.69, 9.17) is 24.1 Å². The largest absolute Gasteiger partial charge is 0.491 e. The van der Waals surface area contributed by atoms with Crippen molar-refractivity contribution in [3.05, 3.63) is 60.7 Å². The van der Waals surface area contributed by atoms with E-state index in [-0.39, 0.29) is 25.5 Å². The number of epoxide rings is 1. The zero-order valence-electron chi connectivity index (χ0n) is 20.1. The van der Waals surface area contributed by atoms with Crippen molar-refractivity contribution in [3.63, 3.8) is 0 Å². The summed E-state index contributed by atoms with van der Waals surface area (Å²) in [6, 6.07) is 7.85. The van der Waals surface area contributed by atoms with Crippen molar-refractivity contribution in [1.29, 1.82) is 0 Å². The third-order valence-corrected chi connectivity index (χ3v) is 4.35. The van der Waals surface area contributed by atoms with Crippen molar-refractivity contribution in [2.45, 2.75) is 45.5 Å². The van der Waals surface area contributed by atoms with Crippen molar-refractivity contribution in [1.82, 2.24) is 0 Å². The number of aliphatic hydroxyl groups excluding tert-OH is 1. The highest BCUT2D eigenvalue weighted by Gasteiger charge is 2.22. The summed E-state index contributed by atoms with van der Waals surface area (Å²) in [5, 5.41) is 8.19. The van der Waals surface area contributed by atoms with Crippen LogP contribution >= 0.6 is 0 Å². The fraction of sp³-hybridized carbons (Fsp3) is 0.462. The molecule has 0 aliphatic carbocycles. The number of aliphatic hydroxyl groups is 1. The van der Waals surface area contributed by atoms with Crippen LogP contribution < -0.4 is 4.74 Å². The fourth-order valence-electron chi connectivity index (χ4n) is 2.34. The molecule has 8 nitrogen and oxygen atoms in total. The molecule has 2 heterocycles. The Labute approximate surface area is 201 Å². The lowest BCUT2D eigenvalue weighted by Gasteiger charge is -2.22. The summed E-state index contributed by atoms with van der Waals surface area (Å²) < 4.78 is 25.2. The number of hydrogen-bond acceptors (Lipinski definition) is 8. The molecular formula is C26H36O8. The predicted molar refractivity (Wildman–Crippen MR) is 129 cm³/mol. The van der Waals surface area contributed by atoms with E-state index in [9.17, 15) is 9.59 Å². The lowest BCUT2D eigenvalue weighted by molar-refractivity contribution is -0.182. The van der Waals surface area contributed by atoms with Crippen LogP contribution in [0.4, 0.5) is 0 Å². The number of benzene rings is 1. The Bertz CT molecular complexity index is 790. The van der Waals surface area contributed by atoms with E-state index in [1.165, 1.54) is 0 Å². The molecule has 8 heteroatoms. The molecule has 0 amide bonds. The van der Waals surface area contributed by atoms with Crippen LogP contribution in [0.5, 0.6) is 5.75 Å². The number of carbonyl (C=O) groups excluding carboxylic acids is 2. The molecule has 34 heavy (non-hydrogen) atoms. The maximum atomic E-state index is 11.0. The topological polar surface area (TPSA) is 104 Å². The summed E-state index contributed by atoms with van der Waals surface area (Å²) in [5.74, 6) is 0.0760. The van der Waals surface area contributed by atoms with Gasteiger partial charge in [-0.2, -0.15) is 0 Å². The van der Waals surface area contributed by atoms with Crippen LogP contribution in [0.1, 0.15) is 38.7 Å². The Balaban J connectivity index is 0.000000260. The van der Waals surface area contributed by atoms with E-state index in [1.54, 1.807) is 13.8 Å². The molecule has 2 fully saturated rings. The highest BCUT2D eigenvalue weighted by Crippen LogP contribution is 2.16. The maximum Gasteiger partial charge on any atom is 0.335 e. The van der Waals surface area contributed by atoms with Gasteiger partial charge in [0, 0.05) is 17.6 Å². The van der Waals surface area contributed by atoms with Gasteiger partial charge >= 0.3 is 11.9 Å². The molecule has 2 unspecified atom stereocenters. The van der Waals surface area contributed by atoms with Gasteiger partial charge in [0.05, 0.1) is 19.8 Å². The van der Waals surface area contributed by atoms with E-state index in [0.717, 1.165) is 37.2 Å². The molecule has 188 valence electrons. The summed E-state index contributed by atoms with van der Waals surface area (Å²) in [7, 11) is 0. The van der Waals surface area contributed by atoms with Gasteiger partial charge in [-0.05, 0) is 44.4 Å². The average molecular weight is 477 g/mol. The zero-order chi connectivity index (χ0) is 25.3. The van der Waals surface area contributed by atoms with Crippen LogP contribution in [0.2, 0.25) is 0 Å². The lowest BCUT2D eigenvalue weighted by atomic mass is 10.2. The lowest BCUT2D eigenvalue weighted by Crippen LogP contribution is -2.25. The van der Waals surface area contributed by atoms with Crippen LogP contribution in [0.15, 0.2) is 55.1 Å². The first-order valence-electron chi connectivity index (χ1n) is 11.1. The molecule has 0 saturated carbocycles. The van der Waals surface area contributed by atoms with Crippen molar-refractivity contribution >= 4 is 18.0 Å². The number of ether oxygens (including phenoxy) is 5. The molecule has 1 N–H and O–H groups in total. The monoisotopic (exact) mass is 476 g/mol. The summed E-state index contributed by atoms with van der Waals surface area (Å²) in [6.07, 6.45) is 4.71. The average Bonchev–Trinajstić information content (AvgIpc) is 3.67. The predicted octanol–water partition coefficient (Wildman–Crippen LogP) is 3.84. The van der Waals surface area contributed by atoms with Crippen molar-refractivity contribution < 1.29 is 38.4 Å². The van der Waals surface area contributed by atoms with Gasteiger partial charge in [-0.15, -0.1) is 0 Å². The van der Waals surface area contributed by atoms with Crippen LogP contribution in [-0.4, -0.2) is 62.5 Å². The highest BCUT2D eigenvalue weighted by atomic mass is 16.7. The van der Waals surface area contributed by atoms with E-state index in [2.05, 4.69) is 24.5 Å². The molecular weight excluding hydrogens is 440 g/mol. The van der Waals surface area contributed by atoms with Gasteiger partial charge in [0.1, 0.15) is 25.1 Å². The molecule has 2 saturated heterocycles. The molecule has 0 spiro atoms. The first-order valence-corrected chi connectivity index (χ1v) is 11.1. The Kier molecular flexibility index (Phi) is 14.2. The van der Waals surface area contributed by atoms with Crippen LogP contribution in [0, 0.1) is 0 Å². The molecule has 2 aliphatic rings. The Morgan fingerprint density at radius 3 is 2.21 bits per heavy atom. The Hall–Kier alpha value is -2.94. The second kappa shape index (κ2) is 16.6. The highest BCUT2D eigenvalue weighted by molar-refractivity contribution is 5.87. The SMILES string of the molecule is C=C(C)C(=O)OC1CCCCO1.C=C(C)C(=O)OCCO.C=Cc1ccc(OCC2CO2)cc1. The first kappa shape index (κ1) is 29.1. The van der Waals surface area contributed by atoms with Crippen molar-refractivity contribution in [3.8, 4) is 5.75 Å². The van der Waals surface area contributed by atoms with Gasteiger partial charge in [0.15, 0.2) is 0 Å². The second-order valence-corrected chi connectivity index (χ2v) is 7.66. The van der Waals surface area contributed by atoms with Crippen LogP contribution in [0.3, 0.4) is 0 Å². The second-order valence-electron chi connectivity index (χ2n) is 7.66. The molecule has 1 aromatic carbocycles. The number of esters is 2. The summed E-state index contributed by atoms with van der Waals surface area (Å²) >= 11 is 0. The maximum absolute atomic E-state index is 11.0. The van der Waals surface area contributed by atoms with Crippen molar-refractivity contribution in [2.75, 3.05) is 33.0 Å². The third kappa shape index (κ3) is 13.6. The number of rotatable bonds is 9. The Morgan fingerprint density at radius 2 is 1.74 bits per heavy atom. The van der Waals surface area contributed by atoms with E-state index < -0.39 is 5.97 Å². The fourth-order valence-corrected chi connectivity index (χ4v) is 2.34. The molecule has 1 aromatic rings. The molecule has 2 atom stereocenters. The van der Waals surface area contributed by atoms with Gasteiger partial charge in [0.25, 0.3) is 0 Å². The normalized spacial score (nSPS) is 18.0. The van der Waals surface area contributed by atoms with Gasteiger partial charge in [-0.1, -0.05) is 37.9 Å². The number of hydrogen-bond donors (Lipinski definition) is 1. The van der Waals surface area contributed by atoms with Gasteiger partial charge < -0.3 is 28.8 Å². The van der Waals surface area contributed by atoms with Crippen LogP contribution in [0.25, 0.3) is 6.08 Å². The summed E-state index contributed by atoms with van der Waals surface area (Å²) in [4.78, 5) is 21.5. The molecule has 2 aliphatic heterocycles. The smallest absolute Gasteiger partial charge is 0.335 e. The van der Waals surface area contributed by atoms with Crippen molar-refractivity contribution in [2.24, 2.45) is 0 Å². The standard InChI is InChI=1S/C11H12O2.C9H14O3.C6H10O3/c1-2-9-3-5-10(6-4-9)12-7-11-8-13-11;1-7(2)9(10)12-8-5-3-4-6-11-8;1-5(2)6(8)9-4-3-7/h2-6,11H,1,7-8H2;8H,1,3-6H2,2H3;7H,1,3-4H2,2H3. The van der Waals surface area contributed by atoms with Gasteiger partial charge in [-0.3, -0.25) is 0 Å². The summed E-state index contributed by atoms with van der Waals surface area (Å²) in [5.41, 5.74) is 1.88. The van der Waals surface area contributed by atoms with Gasteiger partial charge in [-0.25, -0.2) is 9.59 Å². The molecule has 3 rings (SSSR count). The minimum Gasteiger partial charge on any atom is -0.491 e. The quantitative estimate of drug-likeness (QED) is 0.326. The minimum absolute atomic E-state index is 0.0473. The van der Waals surface area contributed by atoms with Gasteiger partial charge in [0.2, 0.25) is 6.29 Å². The zero-order valence-corrected chi connectivity index (χ0v) is 20.1. The van der Waals surface area contributed by atoms with E-state index in [0.29, 0.717) is 30.5 Å². The third-order valence-electron chi connectivity index (χ3n) is 4.35. The van der Waals surface area contributed by atoms with Crippen LogP contribution in [-0.2, 0) is 28.5 Å². The first-order chi connectivity index (χ1) is 16.3. The Morgan fingerprint density at radius 1 is 1.09 bits per heavy atom. The van der Waals surface area contributed by atoms with E-state index >= 15 is 0 Å². The number of carbonyl (C=O) groups is 2. The summed E-state index contributed by atoms with van der Waals surface area (Å²) in [6.45, 7) is 15.8. The molecule has 0 bridgehead atoms. The van der Waals surface area contributed by atoms with E-state index in [1.807, 2.05) is 30.3 Å². The minimum atomic E-state index is -0.455. The molecule has 0 aromatic heterocycles.